The van der Waals surface area contributed by atoms with Crippen LogP contribution < -0.4 is 10.2 Å². The molecule has 0 radical (unpaired) electrons. The molecular formula is C19H25N3O2S. The molecule has 1 amide bonds. The van der Waals surface area contributed by atoms with Gasteiger partial charge in [0.15, 0.2) is 5.13 Å². The predicted octanol–water partition coefficient (Wildman–Crippen LogP) is 3.65. The standard InChI is InChI=1S/C19H25N3O2S/c1-14-5-7-18(8-6-14)22(15(2)23)19-21-17(13-25-19)11-20-10-16-4-3-9-24-12-16/h5-8,13,16,20H,3-4,9-12H2,1-2H3. The summed E-state index contributed by atoms with van der Waals surface area (Å²) in [5, 5.41) is 6.20. The summed E-state index contributed by atoms with van der Waals surface area (Å²) in [7, 11) is 0. The van der Waals surface area contributed by atoms with Crippen molar-refractivity contribution in [3.05, 3.63) is 40.9 Å². The summed E-state index contributed by atoms with van der Waals surface area (Å²) in [5.41, 5.74) is 2.99. The maximum atomic E-state index is 12.1. The van der Waals surface area contributed by atoms with E-state index in [1.54, 1.807) is 11.8 Å². The van der Waals surface area contributed by atoms with Gasteiger partial charge in [0.25, 0.3) is 0 Å². The zero-order valence-electron chi connectivity index (χ0n) is 14.8. The van der Waals surface area contributed by atoms with Crippen LogP contribution in [0.5, 0.6) is 0 Å². The van der Waals surface area contributed by atoms with Crippen molar-refractivity contribution in [1.29, 1.82) is 0 Å². The molecule has 134 valence electrons. The average Bonchev–Trinajstić information content (AvgIpc) is 3.06. The van der Waals surface area contributed by atoms with Gasteiger partial charge in [0.1, 0.15) is 0 Å². The van der Waals surface area contributed by atoms with Gasteiger partial charge in [-0.1, -0.05) is 17.7 Å². The van der Waals surface area contributed by atoms with Gasteiger partial charge in [-0.25, -0.2) is 4.98 Å². The maximum absolute atomic E-state index is 12.1. The Hall–Kier alpha value is -1.76. The van der Waals surface area contributed by atoms with Crippen molar-refractivity contribution in [2.45, 2.75) is 33.2 Å². The highest BCUT2D eigenvalue weighted by molar-refractivity contribution is 7.14. The highest BCUT2D eigenvalue weighted by Crippen LogP contribution is 2.29. The van der Waals surface area contributed by atoms with Crippen LogP contribution in [0.4, 0.5) is 10.8 Å². The number of ether oxygens (including phenoxy) is 1. The summed E-state index contributed by atoms with van der Waals surface area (Å²) in [5.74, 6) is 0.560. The molecule has 1 aromatic carbocycles. The van der Waals surface area contributed by atoms with E-state index in [2.05, 4.69) is 10.3 Å². The number of nitrogens with one attached hydrogen (secondary N) is 1. The molecule has 1 aliphatic rings. The van der Waals surface area contributed by atoms with Crippen molar-refractivity contribution in [3.63, 3.8) is 0 Å². The molecular weight excluding hydrogens is 334 g/mol. The fourth-order valence-corrected chi connectivity index (χ4v) is 3.86. The van der Waals surface area contributed by atoms with Crippen LogP contribution in [0.25, 0.3) is 0 Å². The van der Waals surface area contributed by atoms with Crippen molar-refractivity contribution in [1.82, 2.24) is 10.3 Å². The van der Waals surface area contributed by atoms with E-state index in [4.69, 9.17) is 4.74 Å². The van der Waals surface area contributed by atoms with Gasteiger partial charge in [0.2, 0.25) is 5.91 Å². The summed E-state index contributed by atoms with van der Waals surface area (Å²) in [6, 6.07) is 7.93. The van der Waals surface area contributed by atoms with Crippen LogP contribution in [0.15, 0.2) is 29.6 Å². The number of hydrogen-bond donors (Lipinski definition) is 1. The maximum Gasteiger partial charge on any atom is 0.230 e. The van der Waals surface area contributed by atoms with Gasteiger partial charge in [0.05, 0.1) is 18.0 Å². The number of carbonyl (C=O) groups is 1. The third-order valence-electron chi connectivity index (χ3n) is 4.33. The van der Waals surface area contributed by atoms with Crippen molar-refractivity contribution < 1.29 is 9.53 Å². The van der Waals surface area contributed by atoms with Gasteiger partial charge in [-0.15, -0.1) is 11.3 Å². The van der Waals surface area contributed by atoms with Crippen molar-refractivity contribution in [2.24, 2.45) is 5.92 Å². The van der Waals surface area contributed by atoms with Crippen LogP contribution in [-0.4, -0.2) is 30.6 Å². The highest BCUT2D eigenvalue weighted by Gasteiger charge is 2.18. The first-order chi connectivity index (χ1) is 12.1. The molecule has 1 aromatic heterocycles. The highest BCUT2D eigenvalue weighted by atomic mass is 32.1. The number of nitrogens with zero attached hydrogens (tertiary/aromatic N) is 2. The molecule has 0 aliphatic carbocycles. The molecule has 1 unspecified atom stereocenters. The smallest absolute Gasteiger partial charge is 0.230 e. The van der Waals surface area contributed by atoms with Crippen molar-refractivity contribution in [3.8, 4) is 0 Å². The molecule has 0 bridgehead atoms. The van der Waals surface area contributed by atoms with Gasteiger partial charge >= 0.3 is 0 Å². The lowest BCUT2D eigenvalue weighted by atomic mass is 10.0. The van der Waals surface area contributed by atoms with Crippen molar-refractivity contribution in [2.75, 3.05) is 24.7 Å². The fraction of sp³-hybridized carbons (Fsp3) is 0.474. The Morgan fingerprint density at radius 2 is 2.20 bits per heavy atom. The van der Waals surface area contributed by atoms with E-state index in [9.17, 15) is 4.79 Å². The van der Waals surface area contributed by atoms with E-state index >= 15 is 0 Å². The average molecular weight is 359 g/mol. The molecule has 6 heteroatoms. The van der Waals surface area contributed by atoms with Gasteiger partial charge in [-0.2, -0.15) is 0 Å². The molecule has 1 atom stereocenters. The van der Waals surface area contributed by atoms with E-state index in [1.165, 1.54) is 23.3 Å². The second-order valence-corrected chi connectivity index (χ2v) is 7.36. The Morgan fingerprint density at radius 1 is 1.40 bits per heavy atom. The number of aromatic nitrogens is 1. The van der Waals surface area contributed by atoms with Gasteiger partial charge < -0.3 is 10.1 Å². The minimum Gasteiger partial charge on any atom is -0.381 e. The Kier molecular flexibility index (Phi) is 6.18. The third kappa shape index (κ3) is 4.87. The minimum atomic E-state index is -0.0305. The Balaban J connectivity index is 1.62. The monoisotopic (exact) mass is 359 g/mol. The van der Waals surface area contributed by atoms with Gasteiger partial charge in [-0.05, 0) is 37.8 Å². The minimum absolute atomic E-state index is 0.0305. The molecule has 1 N–H and O–H groups in total. The zero-order valence-corrected chi connectivity index (χ0v) is 15.6. The second kappa shape index (κ2) is 8.56. The Morgan fingerprint density at radius 3 is 2.88 bits per heavy atom. The Bertz CT molecular complexity index is 693. The quantitative estimate of drug-likeness (QED) is 0.855. The lowest BCUT2D eigenvalue weighted by Crippen LogP contribution is -2.29. The molecule has 2 aromatic rings. The van der Waals surface area contributed by atoms with Gasteiger partial charge in [0, 0.05) is 32.0 Å². The summed E-state index contributed by atoms with van der Waals surface area (Å²) in [4.78, 5) is 18.4. The third-order valence-corrected chi connectivity index (χ3v) is 5.21. The number of amides is 1. The molecule has 0 spiro atoms. The summed E-state index contributed by atoms with van der Waals surface area (Å²) < 4.78 is 5.51. The number of anilines is 2. The zero-order chi connectivity index (χ0) is 17.6. The topological polar surface area (TPSA) is 54.5 Å². The number of rotatable bonds is 6. The normalized spacial score (nSPS) is 17.4. The number of thiazole rings is 1. The van der Waals surface area contributed by atoms with Crippen molar-refractivity contribution >= 4 is 28.1 Å². The first-order valence-corrected chi connectivity index (χ1v) is 9.61. The molecule has 1 aliphatic heterocycles. The van der Waals surface area contributed by atoms with Crippen LogP contribution in [0, 0.1) is 12.8 Å². The van der Waals surface area contributed by atoms with Crippen LogP contribution in [0.3, 0.4) is 0 Å². The van der Waals surface area contributed by atoms with E-state index in [-0.39, 0.29) is 5.91 Å². The SMILES string of the molecule is CC(=O)N(c1ccc(C)cc1)c1nc(CNCC2CCCOC2)cs1. The fourth-order valence-electron chi connectivity index (χ4n) is 2.97. The van der Waals surface area contributed by atoms with Crippen LogP contribution in [-0.2, 0) is 16.1 Å². The van der Waals surface area contributed by atoms with Crippen LogP contribution >= 0.6 is 11.3 Å². The lowest BCUT2D eigenvalue weighted by Gasteiger charge is -2.22. The first-order valence-electron chi connectivity index (χ1n) is 8.73. The Labute approximate surface area is 153 Å². The summed E-state index contributed by atoms with van der Waals surface area (Å²) in [6.07, 6.45) is 2.37. The van der Waals surface area contributed by atoms with E-state index in [0.29, 0.717) is 17.6 Å². The van der Waals surface area contributed by atoms with E-state index in [0.717, 1.165) is 37.6 Å². The first kappa shape index (κ1) is 18.0. The molecule has 0 saturated carbocycles. The number of aryl methyl sites for hydroxylation is 1. The number of benzene rings is 1. The number of carbonyl (C=O) groups excluding carboxylic acids is 1. The summed E-state index contributed by atoms with van der Waals surface area (Å²) in [6.45, 7) is 7.01. The molecule has 5 nitrogen and oxygen atoms in total. The largest absolute Gasteiger partial charge is 0.381 e. The van der Waals surface area contributed by atoms with E-state index < -0.39 is 0 Å². The molecule has 1 fully saturated rings. The second-order valence-electron chi connectivity index (χ2n) is 6.53. The molecule has 3 rings (SSSR count). The van der Waals surface area contributed by atoms with E-state index in [1.807, 2.05) is 36.6 Å². The van der Waals surface area contributed by atoms with Gasteiger partial charge in [-0.3, -0.25) is 9.69 Å². The molecule has 1 saturated heterocycles. The molecule has 25 heavy (non-hydrogen) atoms. The molecule has 2 heterocycles. The predicted molar refractivity (Wildman–Crippen MR) is 101 cm³/mol. The lowest BCUT2D eigenvalue weighted by molar-refractivity contribution is -0.115. The van der Waals surface area contributed by atoms with Crippen LogP contribution in [0.2, 0.25) is 0 Å². The van der Waals surface area contributed by atoms with Crippen LogP contribution in [0.1, 0.15) is 31.0 Å². The number of hydrogen-bond acceptors (Lipinski definition) is 5. The summed E-state index contributed by atoms with van der Waals surface area (Å²) >= 11 is 1.50.